The summed E-state index contributed by atoms with van der Waals surface area (Å²) in [6, 6.07) is 7.69. The van der Waals surface area contributed by atoms with Gasteiger partial charge >= 0.3 is 0 Å². The fraction of sp³-hybridized carbons (Fsp3) is 0.273. The van der Waals surface area contributed by atoms with Crippen LogP contribution < -0.4 is 16.8 Å². The van der Waals surface area contributed by atoms with Gasteiger partial charge in [0.25, 0.3) is 0 Å². The molecule has 31 heavy (non-hydrogen) atoms. The number of nitrogens with one attached hydrogen (secondary N) is 1. The first kappa shape index (κ1) is 19.5. The number of aromatic nitrogens is 5. The van der Waals surface area contributed by atoms with E-state index in [-0.39, 0.29) is 11.7 Å². The Morgan fingerprint density at radius 3 is 2.71 bits per heavy atom. The third kappa shape index (κ3) is 3.73. The summed E-state index contributed by atoms with van der Waals surface area (Å²) in [6.07, 6.45) is 11.0. The molecule has 4 aromatic rings. The van der Waals surface area contributed by atoms with Crippen LogP contribution in [0.3, 0.4) is 0 Å². The minimum Gasteiger partial charge on any atom is -0.354 e. The maximum absolute atomic E-state index is 14.7. The average Bonchev–Trinajstić information content (AvgIpc) is 3.20. The van der Waals surface area contributed by atoms with Crippen molar-refractivity contribution >= 4 is 17.0 Å². The Balaban J connectivity index is 1.49. The molecule has 0 unspecified atom stereocenters. The highest BCUT2D eigenvalue weighted by molar-refractivity contribution is 5.67. The van der Waals surface area contributed by atoms with Gasteiger partial charge in [-0.15, -0.1) is 0 Å². The highest BCUT2D eigenvalue weighted by Crippen LogP contribution is 2.34. The molecule has 5 N–H and O–H groups in total. The lowest BCUT2D eigenvalue weighted by molar-refractivity contribution is 0.264. The molecule has 1 aliphatic carbocycles. The Morgan fingerprint density at radius 2 is 1.94 bits per heavy atom. The number of imidazole rings is 1. The molecule has 0 bridgehead atoms. The van der Waals surface area contributed by atoms with Crippen molar-refractivity contribution in [1.29, 1.82) is 0 Å². The predicted molar refractivity (Wildman–Crippen MR) is 116 cm³/mol. The van der Waals surface area contributed by atoms with Gasteiger partial charge in [-0.2, -0.15) is 0 Å². The normalized spacial score (nSPS) is 21.3. The largest absolute Gasteiger partial charge is 0.354 e. The van der Waals surface area contributed by atoms with Crippen molar-refractivity contribution in [2.45, 2.75) is 37.3 Å². The maximum Gasteiger partial charge on any atom is 0.169 e. The fourth-order valence-electron chi connectivity index (χ4n) is 4.00. The van der Waals surface area contributed by atoms with Crippen LogP contribution in [-0.4, -0.2) is 30.4 Å². The van der Waals surface area contributed by atoms with Gasteiger partial charge in [0, 0.05) is 30.2 Å². The van der Waals surface area contributed by atoms with Crippen LogP contribution in [0.5, 0.6) is 0 Å². The number of nitrogens with zero attached hydrogens (tertiary/aromatic N) is 5. The number of anilines is 2. The van der Waals surface area contributed by atoms with Gasteiger partial charge in [-0.1, -0.05) is 0 Å². The summed E-state index contributed by atoms with van der Waals surface area (Å²) in [4.78, 5) is 17.3. The lowest BCUT2D eigenvalue weighted by atomic mass is 9.80. The second-order valence-electron chi connectivity index (χ2n) is 8.04. The first-order valence-electron chi connectivity index (χ1n) is 10.2. The van der Waals surface area contributed by atoms with Gasteiger partial charge < -0.3 is 16.8 Å². The van der Waals surface area contributed by atoms with Crippen LogP contribution in [0, 0.1) is 5.82 Å². The van der Waals surface area contributed by atoms with Crippen molar-refractivity contribution in [2.24, 2.45) is 11.5 Å². The zero-order valence-corrected chi connectivity index (χ0v) is 16.9. The zero-order chi connectivity index (χ0) is 21.4. The Bertz CT molecular complexity index is 1210. The number of pyridine rings is 2. The smallest absolute Gasteiger partial charge is 0.169 e. The molecule has 0 saturated heterocycles. The van der Waals surface area contributed by atoms with E-state index in [1.54, 1.807) is 23.0 Å². The summed E-state index contributed by atoms with van der Waals surface area (Å²) >= 11 is 0. The first-order chi connectivity index (χ1) is 15.0. The van der Waals surface area contributed by atoms with Gasteiger partial charge in [-0.3, -0.25) is 9.38 Å². The van der Waals surface area contributed by atoms with Gasteiger partial charge in [-0.25, -0.2) is 19.3 Å². The zero-order valence-electron chi connectivity index (χ0n) is 16.9. The molecule has 0 amide bonds. The molecule has 0 aliphatic heterocycles. The average molecular weight is 418 g/mol. The molecular formula is C22H23FN8. The van der Waals surface area contributed by atoms with Crippen molar-refractivity contribution in [1.82, 2.24) is 24.3 Å². The van der Waals surface area contributed by atoms with E-state index in [9.17, 15) is 4.39 Å². The van der Waals surface area contributed by atoms with Gasteiger partial charge in [0.05, 0.1) is 35.5 Å². The Kier molecular flexibility index (Phi) is 4.84. The monoisotopic (exact) mass is 418 g/mol. The molecule has 4 aromatic heterocycles. The first-order valence-corrected chi connectivity index (χ1v) is 10.2. The molecule has 1 fully saturated rings. The van der Waals surface area contributed by atoms with E-state index in [0.717, 1.165) is 24.2 Å². The summed E-state index contributed by atoms with van der Waals surface area (Å²) in [6.45, 7) is 0. The Hall–Kier alpha value is -3.43. The third-order valence-electron chi connectivity index (χ3n) is 5.82. The van der Waals surface area contributed by atoms with Gasteiger partial charge in [0.15, 0.2) is 5.82 Å². The van der Waals surface area contributed by atoms with Crippen LogP contribution >= 0.6 is 0 Å². The van der Waals surface area contributed by atoms with E-state index in [0.29, 0.717) is 30.0 Å². The minimum atomic E-state index is -0.695. The molecule has 5 rings (SSSR count). The van der Waals surface area contributed by atoms with Crippen LogP contribution in [0.4, 0.5) is 15.8 Å². The molecule has 1 aliphatic rings. The SMILES string of the molecule is NC1CCC(N)(c2ncc(F)c(-c3cnc4cc(Nc5cccnc5)ccn34)n2)CC1. The summed E-state index contributed by atoms with van der Waals surface area (Å²) in [7, 11) is 0. The van der Waals surface area contributed by atoms with E-state index in [1.165, 1.54) is 6.20 Å². The fourth-order valence-corrected chi connectivity index (χ4v) is 4.00. The highest BCUT2D eigenvalue weighted by Gasteiger charge is 2.35. The molecule has 9 heteroatoms. The van der Waals surface area contributed by atoms with Gasteiger partial charge in [0.1, 0.15) is 17.2 Å². The quantitative estimate of drug-likeness (QED) is 0.466. The molecule has 0 aromatic carbocycles. The number of halogens is 1. The van der Waals surface area contributed by atoms with E-state index in [1.807, 2.05) is 30.5 Å². The van der Waals surface area contributed by atoms with Crippen molar-refractivity contribution in [2.75, 3.05) is 5.32 Å². The van der Waals surface area contributed by atoms with E-state index in [2.05, 4.69) is 25.3 Å². The van der Waals surface area contributed by atoms with E-state index >= 15 is 0 Å². The molecule has 0 spiro atoms. The number of hydrogen-bond donors (Lipinski definition) is 3. The van der Waals surface area contributed by atoms with E-state index < -0.39 is 11.4 Å². The standard InChI is InChI=1S/C22H23FN8/c23-17-12-28-21(22(25)6-3-14(24)4-7-22)30-20(17)18-13-27-19-10-15(5-9-31(18)19)29-16-2-1-8-26-11-16/h1-2,5,8-14,29H,3-4,6-7,24-25H2. The van der Waals surface area contributed by atoms with Crippen LogP contribution in [0.15, 0.2) is 55.2 Å². The number of hydrogen-bond acceptors (Lipinski definition) is 7. The summed E-state index contributed by atoms with van der Waals surface area (Å²) in [5.41, 5.74) is 15.0. The number of nitrogens with two attached hydrogens (primary N) is 2. The summed E-state index contributed by atoms with van der Waals surface area (Å²) in [5, 5.41) is 3.27. The molecule has 4 heterocycles. The second kappa shape index (κ2) is 7.68. The number of rotatable bonds is 4. The summed E-state index contributed by atoms with van der Waals surface area (Å²) < 4.78 is 16.5. The third-order valence-corrected chi connectivity index (χ3v) is 5.82. The lowest BCUT2D eigenvalue weighted by Crippen LogP contribution is -2.45. The molecular weight excluding hydrogens is 395 g/mol. The van der Waals surface area contributed by atoms with Crippen LogP contribution in [0.25, 0.3) is 17.0 Å². The number of fused-ring (bicyclic) bond motifs is 1. The van der Waals surface area contributed by atoms with Crippen molar-refractivity contribution in [3.05, 3.63) is 66.9 Å². The molecule has 0 radical (unpaired) electrons. The van der Waals surface area contributed by atoms with Crippen molar-refractivity contribution < 1.29 is 4.39 Å². The molecule has 1 saturated carbocycles. The molecule has 0 atom stereocenters. The maximum atomic E-state index is 14.7. The topological polar surface area (TPSA) is 120 Å². The van der Waals surface area contributed by atoms with Crippen molar-refractivity contribution in [3.63, 3.8) is 0 Å². The molecule has 158 valence electrons. The van der Waals surface area contributed by atoms with Crippen LogP contribution in [-0.2, 0) is 5.54 Å². The van der Waals surface area contributed by atoms with Gasteiger partial charge in [0.2, 0.25) is 0 Å². The minimum absolute atomic E-state index is 0.143. The highest BCUT2D eigenvalue weighted by atomic mass is 19.1. The van der Waals surface area contributed by atoms with Crippen LogP contribution in [0.2, 0.25) is 0 Å². The van der Waals surface area contributed by atoms with Crippen molar-refractivity contribution in [3.8, 4) is 11.4 Å². The van der Waals surface area contributed by atoms with Gasteiger partial charge in [-0.05, 0) is 43.9 Å². The Labute approximate surface area is 178 Å². The Morgan fingerprint density at radius 1 is 1.10 bits per heavy atom. The lowest BCUT2D eigenvalue weighted by Gasteiger charge is -2.34. The van der Waals surface area contributed by atoms with E-state index in [4.69, 9.17) is 11.5 Å². The predicted octanol–water partition coefficient (Wildman–Crippen LogP) is 3.12. The van der Waals surface area contributed by atoms with Crippen LogP contribution in [0.1, 0.15) is 31.5 Å². The summed E-state index contributed by atoms with van der Waals surface area (Å²) in [5.74, 6) is -0.0696. The molecule has 8 nitrogen and oxygen atoms in total. The second-order valence-corrected chi connectivity index (χ2v) is 8.04.